The summed E-state index contributed by atoms with van der Waals surface area (Å²) in [6.45, 7) is 0. The second-order valence-electron chi connectivity index (χ2n) is 2.03. The Balaban J connectivity index is 0.00000144. The van der Waals surface area contributed by atoms with Crippen molar-refractivity contribution in [2.45, 2.75) is 0 Å². The first-order chi connectivity index (χ1) is 5.52. The SMILES string of the molecule is O=C([O-])c1cc(F)c(F)cc1F.[Li+]. The molecule has 0 atom stereocenters. The Bertz CT molecular complexity index is 341. The smallest absolute Gasteiger partial charge is 0.545 e. The zero-order valence-corrected chi connectivity index (χ0v) is 6.61. The molecule has 0 bridgehead atoms. The number of carboxylic acid groups (broad SMARTS) is 1. The molecule has 1 rings (SSSR count). The predicted octanol–water partition coefficient (Wildman–Crippen LogP) is -2.53. The minimum absolute atomic E-state index is 0. The van der Waals surface area contributed by atoms with E-state index in [9.17, 15) is 23.1 Å². The maximum atomic E-state index is 12.5. The molecule has 13 heavy (non-hydrogen) atoms. The molecule has 0 aliphatic rings. The summed E-state index contributed by atoms with van der Waals surface area (Å²) in [5, 5.41) is 10.0. The summed E-state index contributed by atoms with van der Waals surface area (Å²) in [5.74, 6) is -6.09. The molecule has 0 fully saturated rings. The molecular weight excluding hydrogens is 180 g/mol. The van der Waals surface area contributed by atoms with Crippen LogP contribution in [0.4, 0.5) is 13.2 Å². The van der Waals surface area contributed by atoms with Gasteiger partial charge in [-0.25, -0.2) is 13.2 Å². The van der Waals surface area contributed by atoms with Crippen molar-refractivity contribution in [2.75, 3.05) is 0 Å². The van der Waals surface area contributed by atoms with E-state index in [-0.39, 0.29) is 31.0 Å². The molecule has 1 aromatic carbocycles. The van der Waals surface area contributed by atoms with E-state index < -0.39 is 29.0 Å². The summed E-state index contributed by atoms with van der Waals surface area (Å²) in [4.78, 5) is 10.0. The minimum Gasteiger partial charge on any atom is -0.545 e. The molecule has 1 aromatic rings. The molecule has 0 amide bonds. The molecule has 0 aromatic heterocycles. The van der Waals surface area contributed by atoms with Crippen molar-refractivity contribution in [1.29, 1.82) is 0 Å². The number of carboxylic acids is 1. The Hall–Kier alpha value is -0.923. The molecule has 0 spiro atoms. The van der Waals surface area contributed by atoms with Crippen molar-refractivity contribution in [1.82, 2.24) is 0 Å². The van der Waals surface area contributed by atoms with Gasteiger partial charge >= 0.3 is 18.9 Å². The Morgan fingerprint density at radius 3 is 2.00 bits per heavy atom. The second-order valence-corrected chi connectivity index (χ2v) is 2.03. The van der Waals surface area contributed by atoms with Crippen LogP contribution in [0.15, 0.2) is 12.1 Å². The Kier molecular flexibility index (Phi) is 4.04. The third-order valence-corrected chi connectivity index (χ3v) is 1.23. The molecule has 0 aliphatic heterocycles. The van der Waals surface area contributed by atoms with E-state index in [0.717, 1.165) is 0 Å². The van der Waals surface area contributed by atoms with E-state index >= 15 is 0 Å². The number of hydrogen-bond donors (Lipinski definition) is 0. The topological polar surface area (TPSA) is 40.1 Å². The zero-order valence-electron chi connectivity index (χ0n) is 6.61. The van der Waals surface area contributed by atoms with Crippen LogP contribution >= 0.6 is 0 Å². The van der Waals surface area contributed by atoms with Crippen LogP contribution in [-0.4, -0.2) is 5.97 Å². The van der Waals surface area contributed by atoms with Gasteiger partial charge in [0.2, 0.25) is 0 Å². The van der Waals surface area contributed by atoms with Crippen molar-refractivity contribution in [2.24, 2.45) is 0 Å². The van der Waals surface area contributed by atoms with E-state index in [1.54, 1.807) is 0 Å². The number of rotatable bonds is 1. The van der Waals surface area contributed by atoms with Gasteiger partial charge in [0.25, 0.3) is 0 Å². The summed E-state index contributed by atoms with van der Waals surface area (Å²) < 4.78 is 36.9. The van der Waals surface area contributed by atoms with Crippen LogP contribution in [0.1, 0.15) is 10.4 Å². The van der Waals surface area contributed by atoms with Crippen molar-refractivity contribution in [3.05, 3.63) is 35.1 Å². The molecule has 0 radical (unpaired) electrons. The van der Waals surface area contributed by atoms with E-state index in [0.29, 0.717) is 0 Å². The van der Waals surface area contributed by atoms with E-state index in [2.05, 4.69) is 0 Å². The minimum atomic E-state index is -1.88. The number of benzene rings is 1. The van der Waals surface area contributed by atoms with Crippen molar-refractivity contribution in [3.63, 3.8) is 0 Å². The quantitative estimate of drug-likeness (QED) is 0.355. The van der Waals surface area contributed by atoms with Gasteiger partial charge in [-0.1, -0.05) is 0 Å². The van der Waals surface area contributed by atoms with Gasteiger partial charge in [-0.05, 0) is 6.07 Å². The van der Waals surface area contributed by atoms with Crippen LogP contribution < -0.4 is 24.0 Å². The van der Waals surface area contributed by atoms with Crippen molar-refractivity contribution in [3.8, 4) is 0 Å². The van der Waals surface area contributed by atoms with Crippen LogP contribution in [0, 0.1) is 17.5 Å². The monoisotopic (exact) mass is 182 g/mol. The summed E-state index contributed by atoms with van der Waals surface area (Å²) in [5.41, 5.74) is -0.992. The standard InChI is InChI=1S/C7H3F3O2.Li/c8-4-2-6(10)5(9)1-3(4)7(11)12;/h1-2H,(H,11,12);/q;+1/p-1. The van der Waals surface area contributed by atoms with Gasteiger partial charge in [-0.15, -0.1) is 0 Å². The molecule has 0 unspecified atom stereocenters. The van der Waals surface area contributed by atoms with E-state index in [1.165, 1.54) is 0 Å². The average Bonchev–Trinajstić information content (AvgIpc) is 1.96. The van der Waals surface area contributed by atoms with Crippen LogP contribution in [-0.2, 0) is 0 Å². The Labute approximate surface area is 83.5 Å². The summed E-state index contributed by atoms with van der Waals surface area (Å²) >= 11 is 0. The maximum Gasteiger partial charge on any atom is 1.00 e. The largest absolute Gasteiger partial charge is 1.00 e. The maximum absolute atomic E-state index is 12.5. The number of aromatic carboxylic acids is 1. The van der Waals surface area contributed by atoms with Gasteiger partial charge < -0.3 is 9.90 Å². The van der Waals surface area contributed by atoms with Gasteiger partial charge in [0.15, 0.2) is 11.6 Å². The molecule has 0 saturated heterocycles. The fourth-order valence-corrected chi connectivity index (χ4v) is 0.679. The molecule has 0 N–H and O–H groups in total. The van der Waals surface area contributed by atoms with E-state index in [1.807, 2.05) is 0 Å². The molecule has 0 saturated carbocycles. The first kappa shape index (κ1) is 12.1. The van der Waals surface area contributed by atoms with Crippen LogP contribution in [0.3, 0.4) is 0 Å². The molecule has 64 valence electrons. The first-order valence-corrected chi connectivity index (χ1v) is 2.88. The summed E-state index contributed by atoms with van der Waals surface area (Å²) in [7, 11) is 0. The fraction of sp³-hybridized carbons (Fsp3) is 0. The molecule has 0 heterocycles. The normalized spacial score (nSPS) is 9.15. The molecule has 2 nitrogen and oxygen atoms in total. The number of halogens is 3. The Morgan fingerprint density at radius 1 is 1.08 bits per heavy atom. The Morgan fingerprint density at radius 2 is 1.54 bits per heavy atom. The second kappa shape index (κ2) is 4.35. The van der Waals surface area contributed by atoms with Crippen LogP contribution in [0.5, 0.6) is 0 Å². The van der Waals surface area contributed by atoms with Gasteiger partial charge in [-0.3, -0.25) is 0 Å². The average molecular weight is 182 g/mol. The molecule has 6 heteroatoms. The third-order valence-electron chi connectivity index (χ3n) is 1.23. The first-order valence-electron chi connectivity index (χ1n) is 2.88. The van der Waals surface area contributed by atoms with Crippen LogP contribution in [0.25, 0.3) is 0 Å². The third kappa shape index (κ3) is 2.51. The number of carbonyl (C=O) groups excluding carboxylic acids is 1. The number of hydrogen-bond acceptors (Lipinski definition) is 2. The van der Waals surface area contributed by atoms with Gasteiger partial charge in [-0.2, -0.15) is 0 Å². The fourth-order valence-electron chi connectivity index (χ4n) is 0.679. The zero-order chi connectivity index (χ0) is 9.30. The van der Waals surface area contributed by atoms with Crippen molar-refractivity contribution >= 4 is 5.97 Å². The van der Waals surface area contributed by atoms with Gasteiger partial charge in [0.05, 0.1) is 5.97 Å². The van der Waals surface area contributed by atoms with Crippen LogP contribution in [0.2, 0.25) is 0 Å². The molecular formula is C7H2F3LiO2. The van der Waals surface area contributed by atoms with Gasteiger partial charge in [0.1, 0.15) is 5.82 Å². The summed E-state index contributed by atoms with van der Waals surface area (Å²) in [6.07, 6.45) is 0. The predicted molar refractivity (Wildman–Crippen MR) is 30.6 cm³/mol. The molecule has 0 aliphatic carbocycles. The number of carbonyl (C=O) groups is 1. The van der Waals surface area contributed by atoms with Gasteiger partial charge in [0, 0.05) is 11.6 Å². The summed E-state index contributed by atoms with van der Waals surface area (Å²) in [6, 6.07) is 0.389. The van der Waals surface area contributed by atoms with E-state index in [4.69, 9.17) is 0 Å². The van der Waals surface area contributed by atoms with Crippen molar-refractivity contribution < 1.29 is 41.9 Å².